The fourth-order valence-corrected chi connectivity index (χ4v) is 2.05. The monoisotopic (exact) mass is 282 g/mol. The molecule has 0 aliphatic carbocycles. The van der Waals surface area contributed by atoms with E-state index < -0.39 is 5.97 Å². The fraction of sp³-hybridized carbons (Fsp3) is 0.357. The third-order valence-corrected chi connectivity index (χ3v) is 3.11. The zero-order chi connectivity index (χ0) is 13.7. The number of rotatable bonds is 5. The summed E-state index contributed by atoms with van der Waals surface area (Å²) in [6, 6.07) is 5.15. The van der Waals surface area contributed by atoms with Crippen LogP contribution in [0.25, 0.3) is 6.08 Å². The van der Waals surface area contributed by atoms with Crippen molar-refractivity contribution in [3.8, 4) is 5.75 Å². The molecule has 0 bridgehead atoms. The average molecular weight is 283 g/mol. The molecule has 1 aliphatic rings. The summed E-state index contributed by atoms with van der Waals surface area (Å²) < 4.78 is 11.0. The van der Waals surface area contributed by atoms with Gasteiger partial charge in [0.25, 0.3) is 0 Å². The average Bonchev–Trinajstić information content (AvgIpc) is 2.88. The number of carbonyl (C=O) groups is 1. The molecule has 0 radical (unpaired) electrons. The number of ether oxygens (including phenoxy) is 2. The van der Waals surface area contributed by atoms with Crippen LogP contribution in [0.15, 0.2) is 24.3 Å². The van der Waals surface area contributed by atoms with Gasteiger partial charge in [0.1, 0.15) is 5.75 Å². The molecule has 0 amide bonds. The summed E-state index contributed by atoms with van der Waals surface area (Å²) in [5.41, 5.74) is 0.661. The van der Waals surface area contributed by atoms with E-state index in [2.05, 4.69) is 0 Å². The van der Waals surface area contributed by atoms with Crippen LogP contribution in [-0.2, 0) is 9.53 Å². The molecule has 2 rings (SSSR count). The Morgan fingerprint density at radius 3 is 3.11 bits per heavy atom. The van der Waals surface area contributed by atoms with Crippen molar-refractivity contribution in [2.75, 3.05) is 19.8 Å². The number of aliphatic carboxylic acids is 1. The Hall–Kier alpha value is -1.52. The first-order valence-corrected chi connectivity index (χ1v) is 6.44. The molecular formula is C14H15ClO4. The van der Waals surface area contributed by atoms with Crippen LogP contribution in [0, 0.1) is 5.92 Å². The first-order valence-electron chi connectivity index (χ1n) is 6.06. The maximum atomic E-state index is 10.6. The molecule has 1 fully saturated rings. The Bertz CT molecular complexity index is 478. The third-order valence-electron chi connectivity index (χ3n) is 2.88. The van der Waals surface area contributed by atoms with Crippen molar-refractivity contribution in [2.24, 2.45) is 5.92 Å². The fourth-order valence-electron chi connectivity index (χ4n) is 1.86. The Morgan fingerprint density at radius 1 is 1.58 bits per heavy atom. The predicted octanol–water partition coefficient (Wildman–Crippen LogP) is 2.85. The highest BCUT2D eigenvalue weighted by Crippen LogP contribution is 2.25. The molecule has 1 atom stereocenters. The standard InChI is InChI=1S/C14H15ClO4/c15-12-2-3-13(11(7-12)1-4-14(16)17)19-9-10-5-6-18-8-10/h1-4,7,10H,5-6,8-9H2,(H,16,17). The summed E-state index contributed by atoms with van der Waals surface area (Å²) in [6.07, 6.45) is 3.54. The lowest BCUT2D eigenvalue weighted by Crippen LogP contribution is -2.12. The molecule has 1 unspecified atom stereocenters. The van der Waals surface area contributed by atoms with Crippen LogP contribution in [0.3, 0.4) is 0 Å². The van der Waals surface area contributed by atoms with Crippen LogP contribution in [-0.4, -0.2) is 30.9 Å². The Kier molecular flexibility index (Phi) is 4.82. The largest absolute Gasteiger partial charge is 0.493 e. The van der Waals surface area contributed by atoms with Gasteiger partial charge in [0, 0.05) is 29.2 Å². The maximum absolute atomic E-state index is 10.6. The van der Waals surface area contributed by atoms with Crippen LogP contribution < -0.4 is 4.74 Å². The molecule has 1 heterocycles. The van der Waals surface area contributed by atoms with Gasteiger partial charge in [-0.05, 0) is 30.7 Å². The maximum Gasteiger partial charge on any atom is 0.328 e. The van der Waals surface area contributed by atoms with Gasteiger partial charge < -0.3 is 14.6 Å². The number of hydrogen-bond acceptors (Lipinski definition) is 3. The van der Waals surface area contributed by atoms with Crippen LogP contribution in [0.4, 0.5) is 0 Å². The zero-order valence-corrected chi connectivity index (χ0v) is 11.1. The van der Waals surface area contributed by atoms with E-state index in [-0.39, 0.29) is 0 Å². The highest BCUT2D eigenvalue weighted by atomic mass is 35.5. The van der Waals surface area contributed by atoms with Crippen molar-refractivity contribution in [1.82, 2.24) is 0 Å². The van der Waals surface area contributed by atoms with Gasteiger partial charge in [-0.3, -0.25) is 0 Å². The second kappa shape index (κ2) is 6.59. The molecular weight excluding hydrogens is 268 g/mol. The second-order valence-corrected chi connectivity index (χ2v) is 4.83. The van der Waals surface area contributed by atoms with Gasteiger partial charge in [-0.15, -0.1) is 0 Å². The van der Waals surface area contributed by atoms with E-state index >= 15 is 0 Å². The van der Waals surface area contributed by atoms with Gasteiger partial charge in [-0.1, -0.05) is 11.6 Å². The van der Waals surface area contributed by atoms with Crippen LogP contribution in [0.5, 0.6) is 5.75 Å². The molecule has 4 nitrogen and oxygen atoms in total. The number of hydrogen-bond donors (Lipinski definition) is 1. The van der Waals surface area contributed by atoms with E-state index in [0.29, 0.717) is 35.5 Å². The molecule has 0 saturated carbocycles. The lowest BCUT2D eigenvalue weighted by atomic mass is 10.1. The van der Waals surface area contributed by atoms with E-state index in [1.54, 1.807) is 18.2 Å². The van der Waals surface area contributed by atoms with Gasteiger partial charge >= 0.3 is 5.97 Å². The smallest absolute Gasteiger partial charge is 0.328 e. The zero-order valence-electron chi connectivity index (χ0n) is 10.3. The number of carboxylic acids is 1. The van der Waals surface area contributed by atoms with Crippen LogP contribution >= 0.6 is 11.6 Å². The molecule has 1 aromatic rings. The van der Waals surface area contributed by atoms with E-state index in [0.717, 1.165) is 19.1 Å². The van der Waals surface area contributed by atoms with Crippen molar-refractivity contribution in [3.63, 3.8) is 0 Å². The minimum Gasteiger partial charge on any atom is -0.493 e. The Labute approximate surface area is 116 Å². The van der Waals surface area contributed by atoms with Crippen LogP contribution in [0.1, 0.15) is 12.0 Å². The van der Waals surface area contributed by atoms with E-state index in [1.165, 1.54) is 6.08 Å². The van der Waals surface area contributed by atoms with Gasteiger partial charge in [-0.25, -0.2) is 4.79 Å². The summed E-state index contributed by atoms with van der Waals surface area (Å²) in [6.45, 7) is 2.06. The first-order chi connectivity index (χ1) is 9.15. The van der Waals surface area contributed by atoms with Crippen molar-refractivity contribution in [2.45, 2.75) is 6.42 Å². The molecule has 0 aromatic heterocycles. The van der Waals surface area contributed by atoms with Gasteiger partial charge in [0.15, 0.2) is 0 Å². The molecule has 5 heteroatoms. The van der Waals surface area contributed by atoms with E-state index in [9.17, 15) is 4.79 Å². The van der Waals surface area contributed by atoms with Crippen molar-refractivity contribution in [1.29, 1.82) is 0 Å². The normalized spacial score (nSPS) is 18.9. The number of halogens is 1. The molecule has 1 saturated heterocycles. The highest BCUT2D eigenvalue weighted by Gasteiger charge is 2.16. The summed E-state index contributed by atoms with van der Waals surface area (Å²) in [4.78, 5) is 10.6. The van der Waals surface area contributed by atoms with Gasteiger partial charge in [-0.2, -0.15) is 0 Å². The second-order valence-electron chi connectivity index (χ2n) is 4.39. The molecule has 1 aliphatic heterocycles. The summed E-state index contributed by atoms with van der Waals surface area (Å²) in [7, 11) is 0. The number of carboxylic acid groups (broad SMARTS) is 1. The number of benzene rings is 1. The molecule has 1 N–H and O–H groups in total. The van der Waals surface area contributed by atoms with Gasteiger partial charge in [0.05, 0.1) is 13.2 Å². The Morgan fingerprint density at radius 2 is 2.42 bits per heavy atom. The van der Waals surface area contributed by atoms with Crippen molar-refractivity contribution >= 4 is 23.6 Å². The third kappa shape index (κ3) is 4.26. The van der Waals surface area contributed by atoms with Crippen LogP contribution in [0.2, 0.25) is 5.02 Å². The molecule has 102 valence electrons. The van der Waals surface area contributed by atoms with Crippen molar-refractivity contribution in [3.05, 3.63) is 34.9 Å². The summed E-state index contributed by atoms with van der Waals surface area (Å²) >= 11 is 5.90. The molecule has 19 heavy (non-hydrogen) atoms. The van der Waals surface area contributed by atoms with Crippen molar-refractivity contribution < 1.29 is 19.4 Å². The summed E-state index contributed by atoms with van der Waals surface area (Å²) in [5, 5.41) is 9.20. The summed E-state index contributed by atoms with van der Waals surface area (Å²) in [5.74, 6) is 0.0240. The molecule has 0 spiro atoms. The SMILES string of the molecule is O=C(O)C=Cc1cc(Cl)ccc1OCC1CCOC1. The van der Waals surface area contributed by atoms with E-state index in [1.807, 2.05) is 0 Å². The minimum atomic E-state index is -1.00. The highest BCUT2D eigenvalue weighted by molar-refractivity contribution is 6.30. The predicted molar refractivity (Wildman–Crippen MR) is 72.5 cm³/mol. The Balaban J connectivity index is 2.07. The topological polar surface area (TPSA) is 55.8 Å². The van der Waals surface area contributed by atoms with E-state index in [4.69, 9.17) is 26.2 Å². The lowest BCUT2D eigenvalue weighted by Gasteiger charge is -2.12. The quantitative estimate of drug-likeness (QED) is 0.844. The minimum absolute atomic E-state index is 0.395. The van der Waals surface area contributed by atoms with Gasteiger partial charge in [0.2, 0.25) is 0 Å². The first kappa shape index (κ1) is 13.9. The molecule has 1 aromatic carbocycles. The lowest BCUT2D eigenvalue weighted by molar-refractivity contribution is -0.131.